The maximum atomic E-state index is 13.4. The molecule has 6 N–H and O–H groups in total. The number of ether oxygens (including phenoxy) is 3. The molecule has 0 aromatic carbocycles. The van der Waals surface area contributed by atoms with E-state index in [1.165, 1.54) is 173 Å². The SMILES string of the molecule is CCCCCCCC/C=C/CCCCCCCCCCC(O)C(=O)NC(COC1OC(CO)C(O)C(O)C1OC(=O)CCCCCCCCCCCCC)C(O)/C=C/CCCCCCCCCCCCC. The molecular weight excluding hydrogens is 895 g/mol. The fourth-order valence-corrected chi connectivity index (χ4v) is 9.53. The van der Waals surface area contributed by atoms with Crippen molar-refractivity contribution in [3.8, 4) is 0 Å². The zero-order valence-electron chi connectivity index (χ0n) is 46.1. The van der Waals surface area contributed by atoms with E-state index < -0.39 is 67.4 Å². The molecule has 1 rings (SSSR count). The number of aliphatic hydroxyl groups is 5. The van der Waals surface area contributed by atoms with Gasteiger partial charge in [0.25, 0.3) is 0 Å². The minimum absolute atomic E-state index is 0.128. The molecule has 71 heavy (non-hydrogen) atoms. The Labute approximate surface area is 435 Å². The van der Waals surface area contributed by atoms with E-state index in [4.69, 9.17) is 14.2 Å². The molecule has 0 saturated carbocycles. The number of rotatable bonds is 51. The van der Waals surface area contributed by atoms with E-state index in [1.807, 2.05) is 6.08 Å². The van der Waals surface area contributed by atoms with Crippen molar-refractivity contribution in [3.05, 3.63) is 24.3 Å². The average Bonchev–Trinajstić information content (AvgIpc) is 3.37. The Morgan fingerprint density at radius 1 is 0.535 bits per heavy atom. The number of carbonyl (C=O) groups excluding carboxylic acids is 2. The highest BCUT2D eigenvalue weighted by Crippen LogP contribution is 2.26. The van der Waals surface area contributed by atoms with Crippen LogP contribution in [0.5, 0.6) is 0 Å². The van der Waals surface area contributed by atoms with Gasteiger partial charge in [-0.15, -0.1) is 0 Å². The number of carbonyl (C=O) groups is 2. The molecule has 11 nitrogen and oxygen atoms in total. The molecule has 1 aliphatic heterocycles. The second-order valence-electron chi connectivity index (χ2n) is 21.1. The molecule has 0 aromatic rings. The van der Waals surface area contributed by atoms with Crippen molar-refractivity contribution in [2.45, 2.75) is 333 Å². The van der Waals surface area contributed by atoms with Gasteiger partial charge in [0.1, 0.15) is 24.4 Å². The lowest BCUT2D eigenvalue weighted by Gasteiger charge is -2.41. The molecule has 8 unspecified atom stereocenters. The van der Waals surface area contributed by atoms with Gasteiger partial charge in [0, 0.05) is 6.42 Å². The summed E-state index contributed by atoms with van der Waals surface area (Å²) in [6.45, 7) is 5.78. The van der Waals surface area contributed by atoms with Crippen LogP contribution in [0.2, 0.25) is 0 Å². The van der Waals surface area contributed by atoms with Crippen LogP contribution >= 0.6 is 0 Å². The highest BCUT2D eigenvalue weighted by molar-refractivity contribution is 5.80. The highest BCUT2D eigenvalue weighted by atomic mass is 16.7. The van der Waals surface area contributed by atoms with E-state index in [9.17, 15) is 35.1 Å². The number of amides is 1. The lowest BCUT2D eigenvalue weighted by molar-refractivity contribution is -0.305. The summed E-state index contributed by atoms with van der Waals surface area (Å²) in [5.74, 6) is -1.19. The second kappa shape index (κ2) is 49.0. The monoisotopic (exact) mass is 1010 g/mol. The predicted octanol–water partition coefficient (Wildman–Crippen LogP) is 13.7. The molecule has 1 amide bonds. The Balaban J connectivity index is 2.70. The first-order valence-electron chi connectivity index (χ1n) is 30.1. The number of aliphatic hydroxyl groups excluding tert-OH is 5. The zero-order chi connectivity index (χ0) is 51.8. The van der Waals surface area contributed by atoms with Gasteiger partial charge in [-0.3, -0.25) is 9.59 Å². The van der Waals surface area contributed by atoms with Crippen molar-refractivity contribution in [1.29, 1.82) is 0 Å². The summed E-state index contributed by atoms with van der Waals surface area (Å²) in [4.78, 5) is 26.4. The molecule has 0 aromatic heterocycles. The summed E-state index contributed by atoms with van der Waals surface area (Å²) in [5.41, 5.74) is 0. The normalized spacial score (nSPS) is 19.7. The molecule has 0 radical (unpaired) electrons. The van der Waals surface area contributed by atoms with Crippen molar-refractivity contribution >= 4 is 11.9 Å². The van der Waals surface area contributed by atoms with Crippen LogP contribution in [0.4, 0.5) is 0 Å². The Morgan fingerprint density at radius 3 is 1.37 bits per heavy atom. The molecule has 0 aliphatic carbocycles. The predicted molar refractivity (Wildman–Crippen MR) is 292 cm³/mol. The fourth-order valence-electron chi connectivity index (χ4n) is 9.53. The van der Waals surface area contributed by atoms with Crippen LogP contribution in [-0.4, -0.2) is 99.6 Å². The van der Waals surface area contributed by atoms with E-state index in [1.54, 1.807) is 6.08 Å². The van der Waals surface area contributed by atoms with Crippen molar-refractivity contribution in [3.63, 3.8) is 0 Å². The summed E-state index contributed by atoms with van der Waals surface area (Å²) < 4.78 is 17.6. The quantitative estimate of drug-likeness (QED) is 0.0195. The zero-order valence-corrected chi connectivity index (χ0v) is 46.1. The summed E-state index contributed by atoms with van der Waals surface area (Å²) in [6.07, 6.45) is 45.1. The van der Waals surface area contributed by atoms with Crippen LogP contribution in [0.25, 0.3) is 0 Å². The van der Waals surface area contributed by atoms with Gasteiger partial charge in [-0.2, -0.15) is 0 Å². The first-order chi connectivity index (χ1) is 34.7. The molecule has 1 aliphatic rings. The number of hydrogen-bond donors (Lipinski definition) is 6. The van der Waals surface area contributed by atoms with Crippen LogP contribution in [0.3, 0.4) is 0 Å². The highest BCUT2D eigenvalue weighted by Gasteiger charge is 2.47. The Bertz CT molecular complexity index is 1250. The minimum Gasteiger partial charge on any atom is -0.454 e. The number of nitrogens with one attached hydrogen (secondary N) is 1. The molecular formula is C60H113NO10. The standard InChI is InChI=1S/C60H113NO10/c1-4-7-10-13-16-19-22-24-25-26-27-28-30-33-35-38-41-44-47-53(64)59(68)61-51(52(63)46-43-40-37-34-32-29-23-20-17-14-11-8-5-2)50-69-60-58(57(67)56(66)54(49-62)70-60)71-55(65)48-45-42-39-36-31-21-18-15-12-9-6-3/h24-25,43,46,51-54,56-58,60,62-64,66-67H,4-23,26-42,44-45,47-50H2,1-3H3,(H,61,68)/b25-24+,46-43+. The number of esters is 1. The lowest BCUT2D eigenvalue weighted by Crippen LogP contribution is -2.61. The van der Waals surface area contributed by atoms with Crippen LogP contribution in [-0.2, 0) is 23.8 Å². The Kier molecular flexibility index (Phi) is 46.4. The summed E-state index contributed by atoms with van der Waals surface area (Å²) in [7, 11) is 0. The largest absolute Gasteiger partial charge is 0.454 e. The maximum Gasteiger partial charge on any atom is 0.306 e. The molecule has 0 bridgehead atoms. The van der Waals surface area contributed by atoms with Gasteiger partial charge in [-0.25, -0.2) is 0 Å². The third-order valence-corrected chi connectivity index (χ3v) is 14.4. The molecule has 0 spiro atoms. The van der Waals surface area contributed by atoms with Crippen LogP contribution < -0.4 is 5.32 Å². The maximum absolute atomic E-state index is 13.4. The van der Waals surface area contributed by atoms with Crippen molar-refractivity contribution in [1.82, 2.24) is 5.32 Å². The molecule has 11 heteroatoms. The first kappa shape index (κ1) is 67.2. The van der Waals surface area contributed by atoms with E-state index in [0.717, 1.165) is 64.2 Å². The van der Waals surface area contributed by atoms with Crippen LogP contribution in [0.1, 0.15) is 284 Å². The van der Waals surface area contributed by atoms with Gasteiger partial charge in [0.15, 0.2) is 12.4 Å². The third-order valence-electron chi connectivity index (χ3n) is 14.4. The second-order valence-corrected chi connectivity index (χ2v) is 21.1. The lowest BCUT2D eigenvalue weighted by atomic mass is 9.99. The first-order valence-corrected chi connectivity index (χ1v) is 30.1. The summed E-state index contributed by atoms with van der Waals surface area (Å²) >= 11 is 0. The number of allylic oxidation sites excluding steroid dienone is 3. The Morgan fingerprint density at radius 2 is 0.930 bits per heavy atom. The molecule has 1 heterocycles. The topological polar surface area (TPSA) is 175 Å². The molecule has 1 saturated heterocycles. The van der Waals surface area contributed by atoms with E-state index in [2.05, 4.69) is 38.2 Å². The van der Waals surface area contributed by atoms with Gasteiger partial charge in [0.05, 0.1) is 25.4 Å². The average molecular weight is 1010 g/mol. The van der Waals surface area contributed by atoms with Crippen LogP contribution in [0, 0.1) is 0 Å². The fraction of sp³-hybridized carbons (Fsp3) is 0.900. The van der Waals surface area contributed by atoms with Crippen LogP contribution in [0.15, 0.2) is 24.3 Å². The number of hydrogen-bond acceptors (Lipinski definition) is 10. The van der Waals surface area contributed by atoms with E-state index in [0.29, 0.717) is 19.3 Å². The Hall–Kier alpha value is -1.86. The van der Waals surface area contributed by atoms with Gasteiger partial charge in [0.2, 0.25) is 5.91 Å². The van der Waals surface area contributed by atoms with Gasteiger partial charge < -0.3 is 45.1 Å². The summed E-state index contributed by atoms with van der Waals surface area (Å²) in [5, 5.41) is 56.8. The van der Waals surface area contributed by atoms with Crippen molar-refractivity contribution < 1.29 is 49.3 Å². The smallest absolute Gasteiger partial charge is 0.306 e. The van der Waals surface area contributed by atoms with Crippen molar-refractivity contribution in [2.75, 3.05) is 13.2 Å². The van der Waals surface area contributed by atoms with E-state index >= 15 is 0 Å². The minimum atomic E-state index is -1.61. The third kappa shape index (κ3) is 37.5. The number of unbranched alkanes of at least 4 members (excludes halogenated alkanes) is 35. The molecule has 1 fully saturated rings. The van der Waals surface area contributed by atoms with Gasteiger partial charge in [-0.1, -0.05) is 251 Å². The van der Waals surface area contributed by atoms with E-state index in [-0.39, 0.29) is 13.0 Å². The van der Waals surface area contributed by atoms with Gasteiger partial charge in [-0.05, 0) is 51.4 Å². The van der Waals surface area contributed by atoms with Gasteiger partial charge >= 0.3 is 5.97 Å². The van der Waals surface area contributed by atoms with Crippen molar-refractivity contribution in [2.24, 2.45) is 0 Å². The molecule has 8 atom stereocenters. The molecule has 418 valence electrons. The summed E-state index contributed by atoms with van der Waals surface area (Å²) in [6, 6.07) is -1.02.